The molecule has 4 nitrogen and oxygen atoms in total. The minimum absolute atomic E-state index is 0.0230. The first kappa shape index (κ1) is 16.4. The van der Waals surface area contributed by atoms with E-state index in [1.165, 1.54) is 0 Å². The largest absolute Gasteiger partial charge is 0.481 e. The second-order valence-electron chi connectivity index (χ2n) is 3.55. The fraction of sp³-hybridized carbons (Fsp3) is 0.273. The van der Waals surface area contributed by atoms with Crippen molar-refractivity contribution in [3.8, 4) is 0 Å². The van der Waals surface area contributed by atoms with Crippen molar-refractivity contribution in [2.75, 3.05) is 5.32 Å². The van der Waals surface area contributed by atoms with Crippen LogP contribution in [0.25, 0.3) is 0 Å². The van der Waals surface area contributed by atoms with Crippen molar-refractivity contribution in [2.45, 2.75) is 19.3 Å². The molecule has 1 rings (SSSR count). The zero-order valence-corrected chi connectivity index (χ0v) is 15.6. The van der Waals surface area contributed by atoms with E-state index in [-0.39, 0.29) is 18.7 Å². The van der Waals surface area contributed by atoms with Crippen molar-refractivity contribution in [2.24, 2.45) is 0 Å². The molecule has 1 amide bonds. The number of anilines is 1. The van der Waals surface area contributed by atoms with Gasteiger partial charge < -0.3 is 10.4 Å². The van der Waals surface area contributed by atoms with E-state index in [0.29, 0.717) is 6.42 Å². The number of amides is 1. The molecule has 7 heteroatoms. The van der Waals surface area contributed by atoms with Gasteiger partial charge in [0.15, 0.2) is 0 Å². The molecule has 0 aromatic heterocycles. The van der Waals surface area contributed by atoms with Crippen LogP contribution in [0.4, 0.5) is 5.69 Å². The van der Waals surface area contributed by atoms with E-state index in [1.807, 2.05) is 12.1 Å². The average molecular weight is 585 g/mol. The molecule has 0 heterocycles. The number of hydrogen-bond donors (Lipinski definition) is 2. The van der Waals surface area contributed by atoms with E-state index in [9.17, 15) is 9.59 Å². The number of carbonyl (C=O) groups is 2. The summed E-state index contributed by atoms with van der Waals surface area (Å²) in [6.45, 7) is 0. The van der Waals surface area contributed by atoms with Gasteiger partial charge in [-0.25, -0.2) is 0 Å². The number of benzene rings is 1. The fourth-order valence-corrected chi connectivity index (χ4v) is 3.33. The second kappa shape index (κ2) is 7.82. The molecule has 0 radical (unpaired) electrons. The first-order chi connectivity index (χ1) is 8.40. The summed E-state index contributed by atoms with van der Waals surface area (Å²) in [6, 6.07) is 3.80. The molecule has 1 aromatic carbocycles. The first-order valence-electron chi connectivity index (χ1n) is 5.06. The SMILES string of the molecule is O=C(O)CCCC(=O)Nc1cc(I)c(I)c(I)c1. The van der Waals surface area contributed by atoms with Crippen LogP contribution in [0.3, 0.4) is 0 Å². The number of carboxylic acid groups (broad SMARTS) is 1. The molecule has 0 aliphatic carbocycles. The molecule has 2 N–H and O–H groups in total. The summed E-state index contributed by atoms with van der Waals surface area (Å²) in [7, 11) is 0. The topological polar surface area (TPSA) is 66.4 Å². The fourth-order valence-electron chi connectivity index (χ4n) is 1.25. The van der Waals surface area contributed by atoms with Gasteiger partial charge in [-0.3, -0.25) is 9.59 Å². The highest BCUT2D eigenvalue weighted by atomic mass is 127. The van der Waals surface area contributed by atoms with Gasteiger partial charge in [-0.2, -0.15) is 0 Å². The lowest BCUT2D eigenvalue weighted by atomic mass is 10.2. The molecular formula is C11H10I3NO3. The van der Waals surface area contributed by atoms with Crippen molar-refractivity contribution < 1.29 is 14.7 Å². The molecular weight excluding hydrogens is 575 g/mol. The minimum Gasteiger partial charge on any atom is -0.481 e. The zero-order valence-electron chi connectivity index (χ0n) is 9.17. The van der Waals surface area contributed by atoms with Crippen LogP contribution in [0.2, 0.25) is 0 Å². The molecule has 0 saturated heterocycles. The summed E-state index contributed by atoms with van der Waals surface area (Å²) >= 11 is 6.69. The summed E-state index contributed by atoms with van der Waals surface area (Å²) < 4.78 is 3.33. The average Bonchev–Trinajstić information content (AvgIpc) is 2.25. The smallest absolute Gasteiger partial charge is 0.303 e. The predicted molar refractivity (Wildman–Crippen MR) is 94.7 cm³/mol. The van der Waals surface area contributed by atoms with Gasteiger partial charge in [-0.15, -0.1) is 0 Å². The Morgan fingerprint density at radius 2 is 1.67 bits per heavy atom. The third kappa shape index (κ3) is 5.55. The molecule has 98 valence electrons. The highest BCUT2D eigenvalue weighted by molar-refractivity contribution is 14.1. The Kier molecular flexibility index (Phi) is 7.13. The number of rotatable bonds is 5. The van der Waals surface area contributed by atoms with Crippen LogP contribution in [0.15, 0.2) is 12.1 Å². The number of carboxylic acids is 1. The van der Waals surface area contributed by atoms with Crippen LogP contribution in [-0.4, -0.2) is 17.0 Å². The molecule has 0 spiro atoms. The Hall–Kier alpha value is 0.350. The number of hydrogen-bond acceptors (Lipinski definition) is 2. The van der Waals surface area contributed by atoms with Gasteiger partial charge in [0.05, 0.1) is 0 Å². The molecule has 0 saturated carbocycles. The number of nitrogens with one attached hydrogen (secondary N) is 1. The Balaban J connectivity index is 2.57. The summed E-state index contributed by atoms with van der Waals surface area (Å²) in [5, 5.41) is 11.3. The lowest BCUT2D eigenvalue weighted by molar-refractivity contribution is -0.137. The number of carbonyl (C=O) groups excluding carboxylic acids is 1. The van der Waals surface area contributed by atoms with Crippen molar-refractivity contribution >= 4 is 85.3 Å². The van der Waals surface area contributed by atoms with Crippen LogP contribution in [0.1, 0.15) is 19.3 Å². The lowest BCUT2D eigenvalue weighted by Crippen LogP contribution is -2.12. The maximum atomic E-state index is 11.6. The zero-order chi connectivity index (χ0) is 13.7. The van der Waals surface area contributed by atoms with Crippen molar-refractivity contribution in [3.63, 3.8) is 0 Å². The molecule has 0 aliphatic heterocycles. The quantitative estimate of drug-likeness (QED) is 0.410. The molecule has 18 heavy (non-hydrogen) atoms. The van der Waals surface area contributed by atoms with Crippen LogP contribution < -0.4 is 5.32 Å². The molecule has 1 aromatic rings. The second-order valence-corrected chi connectivity index (χ2v) is 6.95. The van der Waals surface area contributed by atoms with Crippen molar-refractivity contribution in [1.29, 1.82) is 0 Å². The summed E-state index contributed by atoms with van der Waals surface area (Å²) in [6.07, 6.45) is 0.611. The van der Waals surface area contributed by atoms with E-state index >= 15 is 0 Å². The van der Waals surface area contributed by atoms with Crippen molar-refractivity contribution in [1.82, 2.24) is 0 Å². The highest BCUT2D eigenvalue weighted by Crippen LogP contribution is 2.25. The Bertz CT molecular complexity index is 454. The Morgan fingerprint density at radius 1 is 1.11 bits per heavy atom. The van der Waals surface area contributed by atoms with Gasteiger partial charge in [0, 0.05) is 29.2 Å². The Labute approximate surface area is 146 Å². The van der Waals surface area contributed by atoms with Crippen LogP contribution in [0, 0.1) is 10.7 Å². The van der Waals surface area contributed by atoms with Gasteiger partial charge in [0.1, 0.15) is 0 Å². The van der Waals surface area contributed by atoms with Crippen molar-refractivity contribution in [3.05, 3.63) is 22.8 Å². The highest BCUT2D eigenvalue weighted by Gasteiger charge is 2.08. The molecule has 0 fully saturated rings. The molecule has 0 unspecified atom stereocenters. The van der Waals surface area contributed by atoms with Gasteiger partial charge in [-0.1, -0.05) is 0 Å². The monoisotopic (exact) mass is 585 g/mol. The van der Waals surface area contributed by atoms with Gasteiger partial charge in [0.25, 0.3) is 0 Å². The predicted octanol–water partition coefficient (Wildman–Crippen LogP) is 3.69. The van der Waals surface area contributed by atoms with Gasteiger partial charge in [0.2, 0.25) is 5.91 Å². The Morgan fingerprint density at radius 3 is 2.17 bits per heavy atom. The maximum Gasteiger partial charge on any atom is 0.303 e. The van der Waals surface area contributed by atoms with Crippen LogP contribution in [0.5, 0.6) is 0 Å². The number of halogens is 3. The number of aliphatic carboxylic acids is 1. The third-order valence-electron chi connectivity index (χ3n) is 2.06. The van der Waals surface area contributed by atoms with E-state index in [0.717, 1.165) is 16.4 Å². The summed E-state index contributed by atoms with van der Waals surface area (Å²) in [5.41, 5.74) is 0.754. The van der Waals surface area contributed by atoms with Crippen LogP contribution in [-0.2, 0) is 9.59 Å². The van der Waals surface area contributed by atoms with Gasteiger partial charge in [-0.05, 0) is 86.3 Å². The molecule has 0 aliphatic rings. The standard InChI is InChI=1S/C11H10I3NO3/c12-7-4-6(5-8(13)11(7)14)15-9(16)2-1-3-10(17)18/h4-5H,1-3H2,(H,15,16)(H,17,18). The van der Waals surface area contributed by atoms with E-state index in [2.05, 4.69) is 73.1 Å². The normalized spacial score (nSPS) is 10.2. The summed E-state index contributed by atoms with van der Waals surface area (Å²) in [4.78, 5) is 21.9. The molecule has 0 bridgehead atoms. The first-order valence-corrected chi connectivity index (χ1v) is 8.30. The van der Waals surface area contributed by atoms with E-state index in [4.69, 9.17) is 5.11 Å². The van der Waals surface area contributed by atoms with Crippen LogP contribution >= 0.6 is 67.8 Å². The molecule has 0 atom stereocenters. The van der Waals surface area contributed by atoms with E-state index in [1.54, 1.807) is 0 Å². The summed E-state index contributed by atoms with van der Waals surface area (Å²) in [5.74, 6) is -1.02. The lowest BCUT2D eigenvalue weighted by Gasteiger charge is -2.08. The third-order valence-corrected chi connectivity index (χ3v) is 6.99. The van der Waals surface area contributed by atoms with Gasteiger partial charge >= 0.3 is 5.97 Å². The maximum absolute atomic E-state index is 11.6. The van der Waals surface area contributed by atoms with E-state index < -0.39 is 5.97 Å². The minimum atomic E-state index is -0.874.